The van der Waals surface area contributed by atoms with Gasteiger partial charge < -0.3 is 29.8 Å². The summed E-state index contributed by atoms with van der Waals surface area (Å²) in [5.74, 6) is -2.91. The van der Waals surface area contributed by atoms with Gasteiger partial charge in [-0.1, -0.05) is 71.1 Å². The molecule has 0 aliphatic carbocycles. The molecule has 0 fully saturated rings. The minimum atomic E-state index is -1.35. The van der Waals surface area contributed by atoms with E-state index in [1.807, 2.05) is 0 Å². The molecule has 0 rings (SSSR count). The number of amides is 1. The number of carboxylic acid groups (broad SMARTS) is 2. The van der Waals surface area contributed by atoms with E-state index in [1.54, 1.807) is 0 Å². The molecule has 10 heteroatoms. The zero-order chi connectivity index (χ0) is 22.6. The fourth-order valence-electron chi connectivity index (χ4n) is 3.40. The molecule has 0 radical (unpaired) electrons. The normalized spacial score (nSPS) is 10.3. The van der Waals surface area contributed by atoms with Crippen LogP contribution in [0.3, 0.4) is 0 Å². The van der Waals surface area contributed by atoms with Crippen molar-refractivity contribution in [2.45, 2.75) is 84.0 Å². The number of carbonyl (C=O) groups excluding carboxylic acids is 3. The summed E-state index contributed by atoms with van der Waals surface area (Å²) in [5.41, 5.74) is 0. The summed E-state index contributed by atoms with van der Waals surface area (Å²) >= 11 is 0. The van der Waals surface area contributed by atoms with Gasteiger partial charge in [-0.05, 0) is 6.42 Å². The Labute approximate surface area is 238 Å². The number of aliphatic hydroxyl groups is 1. The third kappa shape index (κ3) is 23.5. The second-order valence-electron chi connectivity index (χ2n) is 7.84. The van der Waals surface area contributed by atoms with Gasteiger partial charge in [-0.25, -0.2) is 0 Å². The van der Waals surface area contributed by atoms with Gasteiger partial charge in [0.2, 0.25) is 5.91 Å². The molecule has 0 aromatic carbocycles. The van der Waals surface area contributed by atoms with Crippen molar-refractivity contribution in [1.29, 1.82) is 0 Å². The van der Waals surface area contributed by atoms with Gasteiger partial charge in [-0.15, -0.1) is 0 Å². The van der Waals surface area contributed by atoms with Gasteiger partial charge in [0.1, 0.15) is 0 Å². The van der Waals surface area contributed by atoms with E-state index in [1.165, 1.54) is 54.7 Å². The van der Waals surface area contributed by atoms with Gasteiger partial charge in [0, 0.05) is 32.6 Å². The maximum Gasteiger partial charge on any atom is 1.00 e. The van der Waals surface area contributed by atoms with Crippen LogP contribution in [0.25, 0.3) is 0 Å². The van der Waals surface area contributed by atoms with Crippen LogP contribution in [-0.4, -0.2) is 72.1 Å². The van der Waals surface area contributed by atoms with Crippen molar-refractivity contribution in [3.63, 3.8) is 0 Å². The average Bonchev–Trinajstić information content (AvgIpc) is 2.68. The Balaban J connectivity index is -0.00000420. The molecule has 0 saturated heterocycles. The van der Waals surface area contributed by atoms with Gasteiger partial charge in [0.25, 0.3) is 0 Å². The van der Waals surface area contributed by atoms with Crippen LogP contribution in [0, 0.1) is 0 Å². The van der Waals surface area contributed by atoms with Gasteiger partial charge >= 0.3 is 59.1 Å². The first-order valence-electron chi connectivity index (χ1n) is 11.4. The molecule has 32 heavy (non-hydrogen) atoms. The molecule has 176 valence electrons. The van der Waals surface area contributed by atoms with E-state index in [9.17, 15) is 24.6 Å². The largest absolute Gasteiger partial charge is 1.00 e. The molecule has 8 nitrogen and oxygen atoms in total. The number of aliphatic carboxylic acids is 2. The Kier molecular flexibility index (Phi) is 29.9. The summed E-state index contributed by atoms with van der Waals surface area (Å²) in [7, 11) is 0. The number of carbonyl (C=O) groups is 3. The number of aliphatic hydroxyl groups excluding tert-OH is 1. The average molecular weight is 475 g/mol. The standard InChI is InChI=1S/C22H42N2O6.2Na/c1-2-3-4-5-6-7-8-9-10-11-12-13-20(26)24(19-22(29)30)15-14-23(16-17-25)18-21(27)28;;/h25H,2-19H2,1H3,(H,27,28)(H,29,30);;/q;2*+1/p-2. The molecule has 0 heterocycles. The van der Waals surface area contributed by atoms with E-state index in [4.69, 9.17) is 5.11 Å². The number of rotatable bonds is 21. The SMILES string of the molecule is CCCCCCCCCCCCCC(=O)N(CCN(CCO)CC(=O)[O-])CC(=O)[O-].[Na+].[Na+]. The molecule has 1 amide bonds. The Morgan fingerprint density at radius 1 is 0.688 bits per heavy atom. The molecule has 0 spiro atoms. The molecule has 0 atom stereocenters. The molecule has 0 bridgehead atoms. The molecule has 1 N–H and O–H groups in total. The molecular formula is C22H40N2Na2O6. The van der Waals surface area contributed by atoms with Crippen LogP contribution in [0.4, 0.5) is 0 Å². The minimum Gasteiger partial charge on any atom is -0.549 e. The Morgan fingerprint density at radius 2 is 1.16 bits per heavy atom. The van der Waals surface area contributed by atoms with E-state index in [2.05, 4.69) is 6.92 Å². The third-order valence-corrected chi connectivity index (χ3v) is 5.12. The minimum absolute atomic E-state index is 0. The quantitative estimate of drug-likeness (QED) is 0.130. The van der Waals surface area contributed by atoms with Crippen molar-refractivity contribution in [2.75, 3.05) is 39.3 Å². The van der Waals surface area contributed by atoms with Crippen LogP contribution in [0.15, 0.2) is 0 Å². The Morgan fingerprint density at radius 3 is 1.59 bits per heavy atom. The van der Waals surface area contributed by atoms with E-state index in [-0.39, 0.29) is 104 Å². The van der Waals surface area contributed by atoms with Crippen molar-refractivity contribution in [2.24, 2.45) is 0 Å². The van der Waals surface area contributed by atoms with Gasteiger partial charge in [0.15, 0.2) is 0 Å². The first-order chi connectivity index (χ1) is 14.4. The van der Waals surface area contributed by atoms with E-state index in [0.717, 1.165) is 19.3 Å². The first-order valence-corrected chi connectivity index (χ1v) is 11.4. The van der Waals surface area contributed by atoms with E-state index >= 15 is 0 Å². The maximum absolute atomic E-state index is 12.4. The number of hydrogen-bond donors (Lipinski definition) is 1. The fraction of sp³-hybridized carbons (Fsp3) is 0.864. The van der Waals surface area contributed by atoms with Crippen molar-refractivity contribution < 1.29 is 88.8 Å². The van der Waals surface area contributed by atoms with Crippen molar-refractivity contribution in [1.82, 2.24) is 9.80 Å². The summed E-state index contributed by atoms with van der Waals surface area (Å²) in [5, 5.41) is 30.7. The summed E-state index contributed by atoms with van der Waals surface area (Å²) in [6.45, 7) is 1.40. The molecule has 0 saturated carbocycles. The monoisotopic (exact) mass is 474 g/mol. The number of nitrogens with zero attached hydrogens (tertiary/aromatic N) is 2. The second kappa shape index (κ2) is 25.9. The number of hydrogen-bond acceptors (Lipinski definition) is 7. The number of unbranched alkanes of at least 4 members (excludes halogenated alkanes) is 10. The van der Waals surface area contributed by atoms with Gasteiger partial charge in [-0.3, -0.25) is 9.69 Å². The van der Waals surface area contributed by atoms with E-state index < -0.39 is 18.5 Å². The zero-order valence-corrected chi connectivity index (χ0v) is 24.6. The zero-order valence-electron chi connectivity index (χ0n) is 20.6. The molecular weight excluding hydrogens is 434 g/mol. The summed E-state index contributed by atoms with van der Waals surface area (Å²) in [6.07, 6.45) is 13.1. The fourth-order valence-corrected chi connectivity index (χ4v) is 3.40. The van der Waals surface area contributed by atoms with Crippen LogP contribution in [-0.2, 0) is 14.4 Å². The second-order valence-corrected chi connectivity index (χ2v) is 7.84. The van der Waals surface area contributed by atoms with Crippen LogP contribution >= 0.6 is 0 Å². The smallest absolute Gasteiger partial charge is 0.549 e. The van der Waals surface area contributed by atoms with Gasteiger partial charge in [0.05, 0.1) is 25.1 Å². The first kappa shape index (κ1) is 36.9. The van der Waals surface area contributed by atoms with Gasteiger partial charge in [-0.2, -0.15) is 0 Å². The van der Waals surface area contributed by atoms with Crippen LogP contribution in [0.2, 0.25) is 0 Å². The maximum atomic E-state index is 12.4. The summed E-state index contributed by atoms with van der Waals surface area (Å²) < 4.78 is 0. The van der Waals surface area contributed by atoms with E-state index in [0.29, 0.717) is 6.42 Å². The summed E-state index contributed by atoms with van der Waals surface area (Å²) in [6, 6.07) is 0. The van der Waals surface area contributed by atoms with Crippen LogP contribution in [0.5, 0.6) is 0 Å². The van der Waals surface area contributed by atoms with Crippen LogP contribution < -0.4 is 69.3 Å². The molecule has 0 aliphatic heterocycles. The predicted molar refractivity (Wildman–Crippen MR) is 111 cm³/mol. The van der Waals surface area contributed by atoms with Crippen molar-refractivity contribution in [3.05, 3.63) is 0 Å². The topological polar surface area (TPSA) is 124 Å². The predicted octanol–water partition coefficient (Wildman–Crippen LogP) is -5.68. The molecule has 0 aliphatic rings. The number of carboxylic acids is 2. The third-order valence-electron chi connectivity index (χ3n) is 5.12. The molecule has 0 aromatic heterocycles. The van der Waals surface area contributed by atoms with Crippen LogP contribution in [0.1, 0.15) is 84.0 Å². The molecule has 0 aromatic rings. The Bertz CT molecular complexity index is 483. The van der Waals surface area contributed by atoms with Crippen molar-refractivity contribution in [3.8, 4) is 0 Å². The molecule has 0 unspecified atom stereocenters. The summed E-state index contributed by atoms with van der Waals surface area (Å²) in [4.78, 5) is 36.7. The Hall–Kier alpha value is 0.330. The van der Waals surface area contributed by atoms with Crippen molar-refractivity contribution >= 4 is 17.8 Å².